The highest BCUT2D eigenvalue weighted by Crippen LogP contribution is 2.24. The molecule has 0 amide bonds. The smallest absolute Gasteiger partial charge is 0.142 e. The molecule has 0 aliphatic carbocycles. The van der Waals surface area contributed by atoms with E-state index in [-0.39, 0.29) is 6.61 Å². The zero-order chi connectivity index (χ0) is 9.97. The van der Waals surface area contributed by atoms with Crippen LogP contribution >= 0.6 is 11.3 Å². The summed E-state index contributed by atoms with van der Waals surface area (Å²) in [5.41, 5.74) is 2.71. The first kappa shape index (κ1) is 9.30. The van der Waals surface area contributed by atoms with E-state index in [0.29, 0.717) is 5.69 Å². The molecule has 3 nitrogen and oxygen atoms in total. The van der Waals surface area contributed by atoms with Gasteiger partial charge >= 0.3 is 0 Å². The molecule has 0 saturated carbocycles. The fraction of sp³-hybridized carbons (Fsp3) is 0.200. The fourth-order valence-corrected chi connectivity index (χ4v) is 2.07. The summed E-state index contributed by atoms with van der Waals surface area (Å²) in [6.45, 7) is 1.99. The summed E-state index contributed by atoms with van der Waals surface area (Å²) in [6.07, 6.45) is 1.75. The Kier molecular flexibility index (Phi) is 2.56. The van der Waals surface area contributed by atoms with Gasteiger partial charge in [0, 0.05) is 11.6 Å². The predicted octanol–water partition coefficient (Wildman–Crippen LogP) is 2.01. The van der Waals surface area contributed by atoms with Gasteiger partial charge < -0.3 is 5.11 Å². The molecule has 0 unspecified atom stereocenters. The van der Waals surface area contributed by atoms with Gasteiger partial charge in [0.1, 0.15) is 10.7 Å². The number of aromatic nitrogens is 2. The van der Waals surface area contributed by atoms with Crippen LogP contribution in [0.2, 0.25) is 0 Å². The summed E-state index contributed by atoms with van der Waals surface area (Å²) in [6, 6.07) is 3.90. The number of aliphatic hydroxyl groups is 1. The van der Waals surface area contributed by atoms with E-state index in [1.807, 2.05) is 24.4 Å². The van der Waals surface area contributed by atoms with Crippen molar-refractivity contribution in [3.05, 3.63) is 35.0 Å². The number of pyridine rings is 1. The lowest BCUT2D eigenvalue weighted by molar-refractivity contribution is 0.278. The number of hydrogen-bond acceptors (Lipinski definition) is 4. The van der Waals surface area contributed by atoms with Crippen LogP contribution in [0.1, 0.15) is 11.3 Å². The van der Waals surface area contributed by atoms with E-state index >= 15 is 0 Å². The van der Waals surface area contributed by atoms with Crippen LogP contribution in [0.5, 0.6) is 0 Å². The van der Waals surface area contributed by atoms with E-state index in [1.165, 1.54) is 11.3 Å². The van der Waals surface area contributed by atoms with Gasteiger partial charge in [-0.25, -0.2) is 4.98 Å². The molecule has 14 heavy (non-hydrogen) atoms. The van der Waals surface area contributed by atoms with Crippen molar-refractivity contribution >= 4 is 11.3 Å². The second kappa shape index (κ2) is 3.86. The van der Waals surface area contributed by atoms with Gasteiger partial charge in [0.25, 0.3) is 0 Å². The quantitative estimate of drug-likeness (QED) is 0.817. The topological polar surface area (TPSA) is 46.0 Å². The highest BCUT2D eigenvalue weighted by molar-refractivity contribution is 7.13. The molecule has 2 heterocycles. The van der Waals surface area contributed by atoms with E-state index in [1.54, 1.807) is 6.20 Å². The molecule has 2 rings (SSSR count). The largest absolute Gasteiger partial charge is 0.390 e. The SMILES string of the molecule is Cc1cccnc1-c1nc(CO)cs1. The standard InChI is InChI=1S/C10H10N2OS/c1-7-3-2-4-11-9(7)10-12-8(5-13)6-14-10/h2-4,6,13H,5H2,1H3. The lowest BCUT2D eigenvalue weighted by atomic mass is 10.2. The van der Waals surface area contributed by atoms with Crippen LogP contribution in [0.15, 0.2) is 23.7 Å². The Morgan fingerprint density at radius 1 is 1.50 bits per heavy atom. The minimum atomic E-state index is -0.0115. The molecule has 2 aromatic rings. The van der Waals surface area contributed by atoms with Crippen molar-refractivity contribution in [2.24, 2.45) is 0 Å². The summed E-state index contributed by atoms with van der Waals surface area (Å²) in [7, 11) is 0. The molecule has 0 aliphatic heterocycles. The molecular formula is C10H10N2OS. The Labute approximate surface area is 86.1 Å². The number of hydrogen-bond donors (Lipinski definition) is 1. The maximum atomic E-state index is 8.89. The molecule has 0 atom stereocenters. The van der Waals surface area contributed by atoms with Gasteiger partial charge in [-0.3, -0.25) is 4.98 Å². The van der Waals surface area contributed by atoms with Crippen LogP contribution in [0.3, 0.4) is 0 Å². The highest BCUT2D eigenvalue weighted by Gasteiger charge is 2.07. The van der Waals surface area contributed by atoms with Crippen molar-refractivity contribution in [1.82, 2.24) is 9.97 Å². The molecule has 2 aromatic heterocycles. The first-order valence-electron chi connectivity index (χ1n) is 4.28. The zero-order valence-electron chi connectivity index (χ0n) is 7.77. The normalized spacial score (nSPS) is 10.4. The fourth-order valence-electron chi connectivity index (χ4n) is 1.20. The van der Waals surface area contributed by atoms with Crippen molar-refractivity contribution in [3.63, 3.8) is 0 Å². The average molecular weight is 206 g/mol. The lowest BCUT2D eigenvalue weighted by Gasteiger charge is -1.98. The minimum Gasteiger partial charge on any atom is -0.390 e. The Balaban J connectivity index is 2.44. The van der Waals surface area contributed by atoms with Crippen molar-refractivity contribution < 1.29 is 5.11 Å². The summed E-state index contributed by atoms with van der Waals surface area (Å²) >= 11 is 1.51. The van der Waals surface area contributed by atoms with Gasteiger partial charge in [0.05, 0.1) is 12.3 Å². The Morgan fingerprint density at radius 3 is 3.00 bits per heavy atom. The van der Waals surface area contributed by atoms with Gasteiger partial charge in [-0.2, -0.15) is 0 Å². The number of rotatable bonds is 2. The second-order valence-electron chi connectivity index (χ2n) is 2.97. The van der Waals surface area contributed by atoms with E-state index in [9.17, 15) is 0 Å². The van der Waals surface area contributed by atoms with E-state index in [2.05, 4.69) is 9.97 Å². The number of thiazole rings is 1. The second-order valence-corrected chi connectivity index (χ2v) is 3.83. The highest BCUT2D eigenvalue weighted by atomic mass is 32.1. The van der Waals surface area contributed by atoms with Gasteiger partial charge in [0.15, 0.2) is 0 Å². The number of aliphatic hydroxyl groups excluding tert-OH is 1. The zero-order valence-corrected chi connectivity index (χ0v) is 8.58. The van der Waals surface area contributed by atoms with E-state index < -0.39 is 0 Å². The molecule has 0 fully saturated rings. The molecule has 0 bridgehead atoms. The van der Waals surface area contributed by atoms with Crippen LogP contribution < -0.4 is 0 Å². The van der Waals surface area contributed by atoms with Gasteiger partial charge in [-0.15, -0.1) is 11.3 Å². The summed E-state index contributed by atoms with van der Waals surface area (Å²) in [5.74, 6) is 0. The van der Waals surface area contributed by atoms with Crippen LogP contribution in [0.4, 0.5) is 0 Å². The monoisotopic (exact) mass is 206 g/mol. The summed E-state index contributed by atoms with van der Waals surface area (Å²) in [4.78, 5) is 8.53. The summed E-state index contributed by atoms with van der Waals surface area (Å²) < 4.78 is 0. The van der Waals surface area contributed by atoms with Crippen LogP contribution in [0.25, 0.3) is 10.7 Å². The number of nitrogens with zero attached hydrogens (tertiary/aromatic N) is 2. The minimum absolute atomic E-state index is 0.0115. The molecule has 0 aliphatic rings. The van der Waals surface area contributed by atoms with Crippen molar-refractivity contribution in [2.45, 2.75) is 13.5 Å². The third-order valence-electron chi connectivity index (χ3n) is 1.93. The van der Waals surface area contributed by atoms with Gasteiger partial charge in [-0.05, 0) is 18.6 Å². The van der Waals surface area contributed by atoms with Crippen molar-refractivity contribution in [1.29, 1.82) is 0 Å². The molecule has 72 valence electrons. The Hall–Kier alpha value is -1.26. The third kappa shape index (κ3) is 1.66. The van der Waals surface area contributed by atoms with Crippen molar-refractivity contribution in [2.75, 3.05) is 0 Å². The molecule has 0 spiro atoms. The third-order valence-corrected chi connectivity index (χ3v) is 2.82. The van der Waals surface area contributed by atoms with Crippen LogP contribution in [-0.4, -0.2) is 15.1 Å². The van der Waals surface area contributed by atoms with E-state index in [0.717, 1.165) is 16.3 Å². The average Bonchev–Trinajstić information content (AvgIpc) is 2.67. The molecule has 4 heteroatoms. The van der Waals surface area contributed by atoms with Gasteiger partial charge in [-0.1, -0.05) is 6.07 Å². The first-order chi connectivity index (χ1) is 6.81. The molecular weight excluding hydrogens is 196 g/mol. The summed E-state index contributed by atoms with van der Waals surface area (Å²) in [5, 5.41) is 11.6. The van der Waals surface area contributed by atoms with Crippen LogP contribution in [-0.2, 0) is 6.61 Å². The molecule has 0 aromatic carbocycles. The predicted molar refractivity (Wildman–Crippen MR) is 56.0 cm³/mol. The van der Waals surface area contributed by atoms with E-state index in [4.69, 9.17) is 5.11 Å². The van der Waals surface area contributed by atoms with Gasteiger partial charge in [0.2, 0.25) is 0 Å². The maximum absolute atomic E-state index is 8.89. The number of aryl methyl sites for hydroxylation is 1. The van der Waals surface area contributed by atoms with Crippen LogP contribution in [0, 0.1) is 6.92 Å². The molecule has 0 saturated heterocycles. The first-order valence-corrected chi connectivity index (χ1v) is 5.16. The Bertz CT molecular complexity index is 439. The Morgan fingerprint density at radius 2 is 2.36 bits per heavy atom. The molecule has 0 radical (unpaired) electrons. The molecule has 1 N–H and O–H groups in total. The lowest BCUT2D eigenvalue weighted by Crippen LogP contribution is -1.87. The maximum Gasteiger partial charge on any atom is 0.142 e. The van der Waals surface area contributed by atoms with Crippen molar-refractivity contribution in [3.8, 4) is 10.7 Å².